The van der Waals surface area contributed by atoms with E-state index in [1.54, 1.807) is 0 Å². The molecule has 0 bridgehead atoms. The van der Waals surface area contributed by atoms with Crippen LogP contribution in [0.5, 0.6) is 0 Å². The van der Waals surface area contributed by atoms with Gasteiger partial charge in [0, 0.05) is 12.5 Å². The zero-order valence-electron chi connectivity index (χ0n) is 6.62. The number of aliphatic hydroxyl groups excluding tert-OH is 1. The Bertz CT molecular complexity index is 145. The average molecular weight is 157 g/mol. The summed E-state index contributed by atoms with van der Waals surface area (Å²) < 4.78 is 5.32. The van der Waals surface area contributed by atoms with Gasteiger partial charge in [-0.25, -0.2) is 0 Å². The maximum Gasteiger partial charge on any atom is 0.0936 e. The van der Waals surface area contributed by atoms with Crippen molar-refractivity contribution >= 4 is 0 Å². The second-order valence-electron chi connectivity index (χ2n) is 2.81. The van der Waals surface area contributed by atoms with Crippen LogP contribution in [-0.4, -0.2) is 24.4 Å². The molecule has 0 saturated heterocycles. The van der Waals surface area contributed by atoms with Crippen molar-refractivity contribution in [3.05, 3.63) is 11.8 Å². The number of aliphatic hydroxyl groups is 1. The minimum atomic E-state index is -0.167. The van der Waals surface area contributed by atoms with Gasteiger partial charge in [0.25, 0.3) is 0 Å². The molecular formula is C8H15NO2. The largest absolute Gasteiger partial charge is 0.498 e. The molecule has 3 N–H and O–H groups in total. The summed E-state index contributed by atoms with van der Waals surface area (Å²) in [7, 11) is 0. The number of rotatable bonds is 3. The number of ether oxygens (including phenoxy) is 1. The minimum absolute atomic E-state index is 0.0285. The number of hydrogen-bond donors (Lipinski definition) is 2. The van der Waals surface area contributed by atoms with Gasteiger partial charge in [0.2, 0.25) is 0 Å². The molecule has 1 unspecified atom stereocenters. The lowest BCUT2D eigenvalue weighted by Gasteiger charge is -2.16. The molecule has 0 aliphatic carbocycles. The standard InChI is InChI=1S/C8H15NO2/c9-7(6-10)5-8-3-1-2-4-11-8/h3,7,10H,1-2,4-6,9H2. The summed E-state index contributed by atoms with van der Waals surface area (Å²) in [5.74, 6) is 0.942. The normalized spacial score (nSPS) is 20.4. The Morgan fingerprint density at radius 3 is 3.09 bits per heavy atom. The summed E-state index contributed by atoms with van der Waals surface area (Å²) in [5, 5.41) is 8.66. The van der Waals surface area contributed by atoms with Crippen LogP contribution < -0.4 is 5.73 Å². The Kier molecular flexibility index (Phi) is 3.39. The van der Waals surface area contributed by atoms with E-state index in [1.807, 2.05) is 0 Å². The molecular weight excluding hydrogens is 142 g/mol. The second kappa shape index (κ2) is 4.36. The minimum Gasteiger partial charge on any atom is -0.498 e. The molecule has 0 spiro atoms. The van der Waals surface area contributed by atoms with E-state index in [-0.39, 0.29) is 12.6 Å². The molecule has 1 heterocycles. The highest BCUT2D eigenvalue weighted by atomic mass is 16.5. The van der Waals surface area contributed by atoms with Gasteiger partial charge in [-0.1, -0.05) is 0 Å². The van der Waals surface area contributed by atoms with Crippen molar-refractivity contribution in [2.75, 3.05) is 13.2 Å². The molecule has 0 amide bonds. The van der Waals surface area contributed by atoms with Crippen molar-refractivity contribution in [2.45, 2.75) is 25.3 Å². The van der Waals surface area contributed by atoms with E-state index in [2.05, 4.69) is 6.08 Å². The van der Waals surface area contributed by atoms with Crippen LogP contribution in [0.4, 0.5) is 0 Å². The first kappa shape index (κ1) is 8.56. The summed E-state index contributed by atoms with van der Waals surface area (Å²) in [6, 6.07) is -0.167. The van der Waals surface area contributed by atoms with Crippen LogP contribution >= 0.6 is 0 Å². The maximum absolute atomic E-state index is 8.66. The zero-order chi connectivity index (χ0) is 8.10. The highest BCUT2D eigenvalue weighted by molar-refractivity contribution is 4.98. The molecule has 0 fully saturated rings. The van der Waals surface area contributed by atoms with Crippen molar-refractivity contribution in [1.82, 2.24) is 0 Å². The summed E-state index contributed by atoms with van der Waals surface area (Å²) in [6.45, 7) is 0.824. The topological polar surface area (TPSA) is 55.5 Å². The third-order valence-electron chi connectivity index (χ3n) is 1.71. The first-order valence-electron chi connectivity index (χ1n) is 4.01. The second-order valence-corrected chi connectivity index (χ2v) is 2.81. The van der Waals surface area contributed by atoms with Crippen LogP contribution in [-0.2, 0) is 4.74 Å². The van der Waals surface area contributed by atoms with Crippen LogP contribution in [0.25, 0.3) is 0 Å². The average Bonchev–Trinajstić information content (AvgIpc) is 2.06. The Balaban J connectivity index is 2.29. The maximum atomic E-state index is 8.66. The van der Waals surface area contributed by atoms with Crippen molar-refractivity contribution in [1.29, 1.82) is 0 Å². The number of nitrogens with two attached hydrogens (primary N) is 1. The molecule has 3 heteroatoms. The van der Waals surface area contributed by atoms with Gasteiger partial charge in [-0.15, -0.1) is 0 Å². The van der Waals surface area contributed by atoms with Gasteiger partial charge < -0.3 is 15.6 Å². The van der Waals surface area contributed by atoms with Gasteiger partial charge >= 0.3 is 0 Å². The zero-order valence-corrected chi connectivity index (χ0v) is 6.62. The van der Waals surface area contributed by atoms with Crippen molar-refractivity contribution in [2.24, 2.45) is 5.73 Å². The molecule has 0 aromatic rings. The molecule has 0 saturated carbocycles. The lowest BCUT2D eigenvalue weighted by molar-refractivity contribution is 0.170. The lowest BCUT2D eigenvalue weighted by Crippen LogP contribution is -2.25. The van der Waals surface area contributed by atoms with Crippen molar-refractivity contribution < 1.29 is 9.84 Å². The fourth-order valence-corrected chi connectivity index (χ4v) is 1.07. The number of allylic oxidation sites excluding steroid dienone is 1. The highest BCUT2D eigenvalue weighted by Crippen LogP contribution is 2.13. The molecule has 1 atom stereocenters. The third kappa shape index (κ3) is 2.91. The van der Waals surface area contributed by atoms with Crippen molar-refractivity contribution in [3.63, 3.8) is 0 Å². The monoisotopic (exact) mass is 157 g/mol. The van der Waals surface area contributed by atoms with E-state index in [1.165, 1.54) is 0 Å². The smallest absolute Gasteiger partial charge is 0.0936 e. The molecule has 1 aliphatic rings. The van der Waals surface area contributed by atoms with E-state index in [0.717, 1.165) is 25.2 Å². The molecule has 0 aromatic heterocycles. The van der Waals surface area contributed by atoms with Gasteiger partial charge in [-0.3, -0.25) is 0 Å². The van der Waals surface area contributed by atoms with E-state index in [0.29, 0.717) is 6.42 Å². The van der Waals surface area contributed by atoms with Crippen LogP contribution in [0.3, 0.4) is 0 Å². The summed E-state index contributed by atoms with van der Waals surface area (Å²) in [4.78, 5) is 0. The molecule has 0 aromatic carbocycles. The summed E-state index contributed by atoms with van der Waals surface area (Å²) >= 11 is 0. The lowest BCUT2D eigenvalue weighted by atomic mass is 10.1. The van der Waals surface area contributed by atoms with Crippen LogP contribution in [0.2, 0.25) is 0 Å². The Hall–Kier alpha value is -0.540. The van der Waals surface area contributed by atoms with E-state index >= 15 is 0 Å². The van der Waals surface area contributed by atoms with Crippen LogP contribution in [0.15, 0.2) is 11.8 Å². The van der Waals surface area contributed by atoms with Gasteiger partial charge in [0.15, 0.2) is 0 Å². The van der Waals surface area contributed by atoms with Gasteiger partial charge in [-0.2, -0.15) is 0 Å². The Morgan fingerprint density at radius 1 is 1.73 bits per heavy atom. The molecule has 1 rings (SSSR count). The Morgan fingerprint density at radius 2 is 2.55 bits per heavy atom. The van der Waals surface area contributed by atoms with Crippen LogP contribution in [0.1, 0.15) is 19.3 Å². The number of hydrogen-bond acceptors (Lipinski definition) is 3. The third-order valence-corrected chi connectivity index (χ3v) is 1.71. The molecule has 0 radical (unpaired) electrons. The molecule has 1 aliphatic heterocycles. The summed E-state index contributed by atoms with van der Waals surface area (Å²) in [5.41, 5.74) is 5.53. The quantitative estimate of drug-likeness (QED) is 0.623. The molecule has 3 nitrogen and oxygen atoms in total. The first-order valence-corrected chi connectivity index (χ1v) is 4.01. The SMILES string of the molecule is NC(CO)CC1=CCCCO1. The van der Waals surface area contributed by atoms with Gasteiger partial charge in [0.05, 0.1) is 19.0 Å². The molecule has 11 heavy (non-hydrogen) atoms. The Labute approximate surface area is 66.8 Å². The highest BCUT2D eigenvalue weighted by Gasteiger charge is 2.08. The summed E-state index contributed by atoms with van der Waals surface area (Å²) in [6.07, 6.45) is 4.89. The fourth-order valence-electron chi connectivity index (χ4n) is 1.07. The first-order chi connectivity index (χ1) is 5.33. The van der Waals surface area contributed by atoms with Gasteiger partial charge in [-0.05, 0) is 18.9 Å². The van der Waals surface area contributed by atoms with Crippen LogP contribution in [0, 0.1) is 0 Å². The predicted molar refractivity (Wildman–Crippen MR) is 42.9 cm³/mol. The fraction of sp³-hybridized carbons (Fsp3) is 0.750. The van der Waals surface area contributed by atoms with Gasteiger partial charge in [0.1, 0.15) is 0 Å². The van der Waals surface area contributed by atoms with E-state index < -0.39 is 0 Å². The van der Waals surface area contributed by atoms with Crippen molar-refractivity contribution in [3.8, 4) is 0 Å². The van der Waals surface area contributed by atoms with E-state index in [4.69, 9.17) is 15.6 Å². The predicted octanol–water partition coefficient (Wildman–Crippen LogP) is 0.390. The molecule has 64 valence electrons. The van der Waals surface area contributed by atoms with E-state index in [9.17, 15) is 0 Å².